The van der Waals surface area contributed by atoms with E-state index in [1.807, 2.05) is 0 Å². The van der Waals surface area contributed by atoms with Gasteiger partial charge in [0.05, 0.1) is 0 Å². The quantitative estimate of drug-likeness (QED) is 0.473. The lowest BCUT2D eigenvalue weighted by molar-refractivity contribution is -0.0893. The molecule has 0 atom stereocenters. The van der Waals surface area contributed by atoms with Gasteiger partial charge >= 0.3 is 7.48 Å². The summed E-state index contributed by atoms with van der Waals surface area (Å²) >= 11 is 0. The molecule has 0 bridgehead atoms. The summed E-state index contributed by atoms with van der Waals surface area (Å²) in [5, 5.41) is 10.4. The van der Waals surface area contributed by atoms with Crippen LogP contribution < -0.4 is 10.8 Å². The fourth-order valence-electron chi connectivity index (χ4n) is 1.19. The average molecular weight is 282 g/mol. The summed E-state index contributed by atoms with van der Waals surface area (Å²) in [6, 6.07) is 2.59. The highest BCUT2D eigenvalue weighted by Gasteiger charge is 2.40. The second kappa shape index (κ2) is 5.89. The molecule has 0 saturated heterocycles. The summed E-state index contributed by atoms with van der Waals surface area (Å²) in [6.07, 6.45) is 0. The Balaban J connectivity index is 2.89. The largest absolute Gasteiger partial charge is 0.439 e. The molecule has 0 aliphatic carbocycles. The molecule has 3 N–H and O–H groups in total. The lowest BCUT2D eigenvalue weighted by Gasteiger charge is -2.33. The molecule has 0 aliphatic rings. The van der Waals surface area contributed by atoms with Gasteiger partial charge in [-0.2, -0.15) is 4.39 Å². The minimum atomic E-state index is -0.835. The molecule has 1 amide bonds. The maximum atomic E-state index is 13.4. The zero-order valence-electron chi connectivity index (χ0n) is 12.4. The van der Waals surface area contributed by atoms with E-state index >= 15 is 0 Å². The monoisotopic (exact) mass is 282 g/mol. The van der Waals surface area contributed by atoms with Crippen molar-refractivity contribution in [3.8, 4) is 0 Å². The molecule has 1 rings (SSSR count). The highest BCUT2D eigenvalue weighted by atomic mass is 19.1. The van der Waals surface area contributed by atoms with Crippen molar-refractivity contribution in [1.29, 1.82) is 0 Å². The topological polar surface area (TPSA) is 74.1 Å². The molecule has 0 unspecified atom stereocenters. The molecule has 109 valence electrons. The molecule has 1 radical (unpaired) electrons. The summed E-state index contributed by atoms with van der Waals surface area (Å²) in [6.45, 7) is 7.00. The van der Waals surface area contributed by atoms with E-state index in [0.717, 1.165) is 0 Å². The van der Waals surface area contributed by atoms with Gasteiger partial charge in [-0.15, -0.1) is 0 Å². The van der Waals surface area contributed by atoms with Gasteiger partial charge in [-0.05, 0) is 31.4 Å². The molecular formula is C13H20BFN2O3+. The van der Waals surface area contributed by atoms with Crippen molar-refractivity contribution in [3.05, 3.63) is 23.8 Å². The van der Waals surface area contributed by atoms with Gasteiger partial charge in [0.2, 0.25) is 5.95 Å². The molecular weight excluding hydrogens is 262 g/mol. The minimum absolute atomic E-state index is 0.0229. The number of pyridine rings is 1. The van der Waals surface area contributed by atoms with Crippen LogP contribution in [-0.2, 0) is 4.65 Å². The third kappa shape index (κ3) is 4.01. The molecule has 20 heavy (non-hydrogen) atoms. The maximum absolute atomic E-state index is 13.4. The number of amides is 1. The van der Waals surface area contributed by atoms with Gasteiger partial charge in [-0.1, -0.05) is 0 Å². The van der Waals surface area contributed by atoms with E-state index in [0.29, 0.717) is 5.46 Å². The van der Waals surface area contributed by atoms with Crippen LogP contribution in [0, 0.1) is 5.95 Å². The van der Waals surface area contributed by atoms with Crippen LogP contribution in [0.1, 0.15) is 38.2 Å². The van der Waals surface area contributed by atoms with Gasteiger partial charge in [-0.3, -0.25) is 4.79 Å². The van der Waals surface area contributed by atoms with Crippen molar-refractivity contribution < 1.29 is 18.9 Å². The van der Waals surface area contributed by atoms with E-state index in [1.165, 1.54) is 26.7 Å². The summed E-state index contributed by atoms with van der Waals surface area (Å²) in [5.74, 6) is -1.23. The van der Waals surface area contributed by atoms with Crippen LogP contribution >= 0.6 is 0 Å². The van der Waals surface area contributed by atoms with E-state index in [2.05, 4.69) is 10.3 Å². The number of carbonyl (C=O) groups is 1. The zero-order chi connectivity index (χ0) is 15.6. The molecule has 0 spiro atoms. The zero-order valence-corrected chi connectivity index (χ0v) is 12.4. The number of nitrogens with zero attached hydrogens (tertiary/aromatic N) is 1. The van der Waals surface area contributed by atoms with E-state index < -0.39 is 23.1 Å². The highest BCUT2D eigenvalue weighted by molar-refractivity contribution is 6.47. The van der Waals surface area contributed by atoms with Crippen LogP contribution in [-0.4, -0.2) is 41.7 Å². The first-order chi connectivity index (χ1) is 9.06. The molecule has 0 saturated carbocycles. The summed E-state index contributed by atoms with van der Waals surface area (Å²) in [5.41, 5.74) is -1.24. The Kier molecular flexibility index (Phi) is 4.88. The third-order valence-corrected chi connectivity index (χ3v) is 3.27. The van der Waals surface area contributed by atoms with Crippen molar-refractivity contribution in [3.63, 3.8) is 0 Å². The Morgan fingerprint density at radius 3 is 2.50 bits per heavy atom. The summed E-state index contributed by atoms with van der Waals surface area (Å²) in [4.78, 5) is 15.0. The van der Waals surface area contributed by atoms with Crippen LogP contribution in [0.25, 0.3) is 0 Å². The first-order valence-corrected chi connectivity index (χ1v) is 6.22. The second-order valence-electron chi connectivity index (χ2n) is 5.56. The fourth-order valence-corrected chi connectivity index (χ4v) is 1.19. The molecule has 1 heterocycles. The number of aromatic nitrogens is 1. The minimum Gasteiger partial charge on any atom is -0.439 e. The van der Waals surface area contributed by atoms with E-state index in [9.17, 15) is 9.18 Å². The highest BCUT2D eigenvalue weighted by Crippen LogP contribution is 2.24. The predicted molar refractivity (Wildman–Crippen MR) is 75.8 cm³/mol. The molecule has 0 aliphatic heterocycles. The standard InChI is InChI=1S/C13H19BFN2O3/c1-12(2,19)13(3,4)20-14-8-6-9(11(18)16-5)17-10(15)7-8/h6-7,19H,1-5H3,(H,16,18)/p+1. The molecule has 0 aromatic carbocycles. The second-order valence-corrected chi connectivity index (χ2v) is 5.56. The Bertz CT molecular complexity index is 501. The van der Waals surface area contributed by atoms with Gasteiger partial charge in [0.15, 0.2) is 5.60 Å². The summed E-state index contributed by atoms with van der Waals surface area (Å²) in [7, 11) is 2.79. The van der Waals surface area contributed by atoms with Gasteiger partial charge < -0.3 is 15.1 Å². The normalized spacial score (nSPS) is 12.2. The number of rotatable bonds is 5. The molecule has 1 aromatic heterocycles. The maximum Gasteiger partial charge on any atom is 0.331 e. The predicted octanol–water partition coefficient (Wildman–Crippen LogP) is 0.123. The Labute approximate surface area is 118 Å². The van der Waals surface area contributed by atoms with Gasteiger partial charge in [0.25, 0.3) is 5.91 Å². The number of hydrogen-bond acceptors (Lipinski definition) is 3. The Morgan fingerprint density at radius 2 is 2.00 bits per heavy atom. The Morgan fingerprint density at radius 1 is 1.40 bits per heavy atom. The van der Waals surface area contributed by atoms with Crippen molar-refractivity contribution in [2.45, 2.75) is 38.9 Å². The van der Waals surface area contributed by atoms with Gasteiger partial charge in [0.1, 0.15) is 11.3 Å². The first kappa shape index (κ1) is 16.6. The third-order valence-electron chi connectivity index (χ3n) is 3.27. The van der Waals surface area contributed by atoms with E-state index in [-0.39, 0.29) is 5.69 Å². The number of halogens is 1. The van der Waals surface area contributed by atoms with E-state index in [1.54, 1.807) is 27.7 Å². The van der Waals surface area contributed by atoms with Crippen molar-refractivity contribution in [2.75, 3.05) is 7.05 Å². The molecule has 1 aromatic rings. The Hall–Kier alpha value is -1.47. The van der Waals surface area contributed by atoms with E-state index in [4.69, 9.17) is 9.76 Å². The van der Waals surface area contributed by atoms with Crippen LogP contribution in [0.5, 0.6) is 0 Å². The average Bonchev–Trinajstić information content (AvgIpc) is 2.33. The summed E-state index contributed by atoms with van der Waals surface area (Å²) < 4.78 is 18.9. The van der Waals surface area contributed by atoms with Gasteiger partial charge in [-0.25, -0.2) is 4.98 Å². The lowest BCUT2D eigenvalue weighted by atomic mass is 9.82. The lowest BCUT2D eigenvalue weighted by Crippen LogP contribution is -2.49. The van der Waals surface area contributed by atoms with Crippen LogP contribution in [0.15, 0.2) is 12.1 Å². The number of hydrogen-bond donors (Lipinski definition) is 1. The van der Waals surface area contributed by atoms with Crippen LogP contribution in [0.2, 0.25) is 0 Å². The molecule has 0 fully saturated rings. The number of nitrogens with one attached hydrogen (secondary N) is 1. The molecule has 7 heteroatoms. The first-order valence-electron chi connectivity index (χ1n) is 6.22. The van der Waals surface area contributed by atoms with Crippen LogP contribution in [0.3, 0.4) is 0 Å². The number of carbonyl (C=O) groups excluding carboxylic acids is 1. The van der Waals surface area contributed by atoms with Crippen molar-refractivity contribution in [2.24, 2.45) is 0 Å². The SMILES string of the molecule is CNC(=O)c1cc([B]OC(C)(C)C(C)(C)[OH2+])cc(F)n1. The van der Waals surface area contributed by atoms with Gasteiger partial charge in [0, 0.05) is 20.9 Å². The smallest absolute Gasteiger partial charge is 0.331 e. The fraction of sp³-hybridized carbons (Fsp3) is 0.538. The van der Waals surface area contributed by atoms with Crippen LogP contribution in [0.4, 0.5) is 4.39 Å². The molecule has 5 nitrogen and oxygen atoms in total. The van der Waals surface area contributed by atoms with Crippen molar-refractivity contribution in [1.82, 2.24) is 10.3 Å². The van der Waals surface area contributed by atoms with Crippen molar-refractivity contribution >= 4 is 18.9 Å².